The molecule has 1 atom stereocenters. The SMILES string of the molecule is CCN(C[C@@H](C)C#N)C(=O)c1ccc2c(c1)OCCCO2. The molecule has 21 heavy (non-hydrogen) atoms. The number of carbonyl (C=O) groups is 1. The van der Waals surface area contributed by atoms with E-state index in [0.717, 1.165) is 6.42 Å². The van der Waals surface area contributed by atoms with E-state index in [4.69, 9.17) is 14.7 Å². The predicted octanol–water partition coefficient (Wildman–Crippen LogP) is 2.47. The number of hydrogen-bond donors (Lipinski definition) is 0. The van der Waals surface area contributed by atoms with E-state index in [-0.39, 0.29) is 11.8 Å². The first-order valence-electron chi connectivity index (χ1n) is 7.24. The average Bonchev–Trinajstić information content (AvgIpc) is 2.76. The highest BCUT2D eigenvalue weighted by Crippen LogP contribution is 2.30. The zero-order valence-corrected chi connectivity index (χ0v) is 12.5. The number of benzene rings is 1. The molecule has 2 rings (SSSR count). The third kappa shape index (κ3) is 3.66. The summed E-state index contributed by atoms with van der Waals surface area (Å²) < 4.78 is 11.2. The van der Waals surface area contributed by atoms with Crippen LogP contribution in [-0.4, -0.2) is 37.1 Å². The van der Waals surface area contributed by atoms with Crippen molar-refractivity contribution >= 4 is 5.91 Å². The summed E-state index contributed by atoms with van der Waals surface area (Å²) >= 11 is 0. The minimum absolute atomic E-state index is 0.0877. The first kappa shape index (κ1) is 15.2. The summed E-state index contributed by atoms with van der Waals surface area (Å²) in [6.45, 7) is 5.93. The van der Waals surface area contributed by atoms with Gasteiger partial charge < -0.3 is 14.4 Å². The molecule has 0 aliphatic carbocycles. The van der Waals surface area contributed by atoms with E-state index in [2.05, 4.69) is 6.07 Å². The van der Waals surface area contributed by atoms with Crippen molar-refractivity contribution in [1.29, 1.82) is 5.26 Å². The predicted molar refractivity (Wildman–Crippen MR) is 78.4 cm³/mol. The molecular formula is C16H20N2O3. The zero-order chi connectivity index (χ0) is 15.2. The second-order valence-electron chi connectivity index (χ2n) is 5.09. The molecule has 0 radical (unpaired) electrons. The van der Waals surface area contributed by atoms with Crippen LogP contribution >= 0.6 is 0 Å². The lowest BCUT2D eigenvalue weighted by Gasteiger charge is -2.22. The van der Waals surface area contributed by atoms with Crippen molar-refractivity contribution < 1.29 is 14.3 Å². The van der Waals surface area contributed by atoms with Crippen LogP contribution in [0.15, 0.2) is 18.2 Å². The third-order valence-corrected chi connectivity index (χ3v) is 3.38. The van der Waals surface area contributed by atoms with E-state index in [0.29, 0.717) is 43.4 Å². The lowest BCUT2D eigenvalue weighted by atomic mass is 10.1. The Morgan fingerprint density at radius 3 is 2.76 bits per heavy atom. The number of ether oxygens (including phenoxy) is 2. The molecule has 0 spiro atoms. The van der Waals surface area contributed by atoms with Crippen molar-refractivity contribution in [2.45, 2.75) is 20.3 Å². The fourth-order valence-electron chi connectivity index (χ4n) is 2.21. The van der Waals surface area contributed by atoms with E-state index in [9.17, 15) is 4.79 Å². The highest BCUT2D eigenvalue weighted by molar-refractivity contribution is 5.95. The number of hydrogen-bond acceptors (Lipinski definition) is 4. The van der Waals surface area contributed by atoms with Crippen LogP contribution in [-0.2, 0) is 0 Å². The molecule has 0 N–H and O–H groups in total. The summed E-state index contributed by atoms with van der Waals surface area (Å²) in [6, 6.07) is 7.40. The maximum atomic E-state index is 12.5. The Balaban J connectivity index is 2.18. The number of amides is 1. The molecule has 0 saturated heterocycles. The molecule has 0 unspecified atom stereocenters. The van der Waals surface area contributed by atoms with Crippen LogP contribution in [0.25, 0.3) is 0 Å². The maximum absolute atomic E-state index is 12.5. The summed E-state index contributed by atoms with van der Waals surface area (Å²) in [5.41, 5.74) is 0.561. The van der Waals surface area contributed by atoms with Crippen molar-refractivity contribution in [3.8, 4) is 17.6 Å². The van der Waals surface area contributed by atoms with Gasteiger partial charge in [-0.1, -0.05) is 0 Å². The molecule has 0 fully saturated rings. The van der Waals surface area contributed by atoms with Crippen molar-refractivity contribution in [2.24, 2.45) is 5.92 Å². The van der Waals surface area contributed by atoms with Crippen molar-refractivity contribution in [2.75, 3.05) is 26.3 Å². The first-order chi connectivity index (χ1) is 10.2. The Kier molecular flexibility index (Phi) is 5.04. The second kappa shape index (κ2) is 6.98. The van der Waals surface area contributed by atoms with Gasteiger partial charge in [0.1, 0.15) is 0 Å². The van der Waals surface area contributed by atoms with E-state index in [1.54, 1.807) is 23.1 Å². The topological polar surface area (TPSA) is 62.6 Å². The van der Waals surface area contributed by atoms with Gasteiger partial charge in [0.15, 0.2) is 11.5 Å². The van der Waals surface area contributed by atoms with E-state index in [1.165, 1.54) is 0 Å². The minimum Gasteiger partial charge on any atom is -0.490 e. The number of rotatable bonds is 4. The Bertz CT molecular complexity index is 551. The van der Waals surface area contributed by atoms with Crippen LogP contribution in [0.4, 0.5) is 0 Å². The fraction of sp³-hybridized carbons (Fsp3) is 0.500. The summed E-state index contributed by atoms with van der Waals surface area (Å²) in [4.78, 5) is 14.2. The van der Waals surface area contributed by atoms with Gasteiger partial charge in [0.05, 0.1) is 25.2 Å². The number of nitrogens with zero attached hydrogens (tertiary/aromatic N) is 2. The Hall–Kier alpha value is -2.22. The average molecular weight is 288 g/mol. The molecular weight excluding hydrogens is 268 g/mol. The molecule has 112 valence electrons. The van der Waals surface area contributed by atoms with Gasteiger partial charge in [-0.3, -0.25) is 4.79 Å². The van der Waals surface area contributed by atoms with Gasteiger partial charge in [-0.2, -0.15) is 5.26 Å². The summed E-state index contributed by atoms with van der Waals surface area (Å²) in [5, 5.41) is 8.90. The molecule has 1 aliphatic rings. The summed E-state index contributed by atoms with van der Waals surface area (Å²) in [6.07, 6.45) is 0.832. The van der Waals surface area contributed by atoms with Crippen LogP contribution in [0, 0.1) is 17.2 Å². The lowest BCUT2D eigenvalue weighted by molar-refractivity contribution is 0.0752. The van der Waals surface area contributed by atoms with Gasteiger partial charge in [0.2, 0.25) is 0 Å². The van der Waals surface area contributed by atoms with Gasteiger partial charge >= 0.3 is 0 Å². The molecule has 1 aromatic carbocycles. The number of carbonyl (C=O) groups excluding carboxylic acids is 1. The van der Waals surface area contributed by atoms with E-state index >= 15 is 0 Å². The van der Waals surface area contributed by atoms with Crippen LogP contribution in [0.3, 0.4) is 0 Å². The zero-order valence-electron chi connectivity index (χ0n) is 12.5. The standard InChI is InChI=1S/C16H20N2O3/c1-3-18(11-12(2)10-17)16(19)13-5-6-14-15(9-13)21-8-4-7-20-14/h5-6,9,12H,3-4,7-8,11H2,1-2H3/t12-/m0/s1. The number of nitriles is 1. The largest absolute Gasteiger partial charge is 0.490 e. The lowest BCUT2D eigenvalue weighted by Crippen LogP contribution is -2.34. The van der Waals surface area contributed by atoms with Crippen LogP contribution in [0.5, 0.6) is 11.5 Å². The molecule has 0 bridgehead atoms. The molecule has 5 heteroatoms. The van der Waals surface area contributed by atoms with Gasteiger partial charge in [0, 0.05) is 25.1 Å². The fourth-order valence-corrected chi connectivity index (χ4v) is 2.21. The summed E-state index contributed by atoms with van der Waals surface area (Å²) in [5.74, 6) is 1.02. The smallest absolute Gasteiger partial charge is 0.254 e. The van der Waals surface area contributed by atoms with Crippen LogP contribution < -0.4 is 9.47 Å². The minimum atomic E-state index is -0.186. The first-order valence-corrected chi connectivity index (χ1v) is 7.24. The third-order valence-electron chi connectivity index (χ3n) is 3.38. The van der Waals surface area contributed by atoms with Crippen LogP contribution in [0.2, 0.25) is 0 Å². The molecule has 0 saturated carbocycles. The van der Waals surface area contributed by atoms with E-state index < -0.39 is 0 Å². The monoisotopic (exact) mass is 288 g/mol. The quantitative estimate of drug-likeness (QED) is 0.854. The molecule has 1 aromatic rings. The van der Waals surface area contributed by atoms with Crippen molar-refractivity contribution in [3.05, 3.63) is 23.8 Å². The molecule has 1 aliphatic heterocycles. The van der Waals surface area contributed by atoms with Crippen molar-refractivity contribution in [1.82, 2.24) is 4.90 Å². The highest BCUT2D eigenvalue weighted by Gasteiger charge is 2.19. The Morgan fingerprint density at radius 1 is 1.38 bits per heavy atom. The maximum Gasteiger partial charge on any atom is 0.254 e. The van der Waals surface area contributed by atoms with Gasteiger partial charge in [-0.05, 0) is 32.0 Å². The molecule has 5 nitrogen and oxygen atoms in total. The summed E-state index contributed by atoms with van der Waals surface area (Å²) in [7, 11) is 0. The van der Waals surface area contributed by atoms with Gasteiger partial charge in [0.25, 0.3) is 5.91 Å². The highest BCUT2D eigenvalue weighted by atomic mass is 16.5. The molecule has 0 aromatic heterocycles. The van der Waals surface area contributed by atoms with Gasteiger partial charge in [-0.15, -0.1) is 0 Å². The second-order valence-corrected chi connectivity index (χ2v) is 5.09. The van der Waals surface area contributed by atoms with Gasteiger partial charge in [-0.25, -0.2) is 0 Å². The molecule has 1 amide bonds. The van der Waals surface area contributed by atoms with E-state index in [1.807, 2.05) is 13.8 Å². The normalized spacial score (nSPS) is 14.7. The number of fused-ring (bicyclic) bond motifs is 1. The molecule has 1 heterocycles. The Morgan fingerprint density at radius 2 is 2.10 bits per heavy atom. The van der Waals surface area contributed by atoms with Crippen LogP contribution in [0.1, 0.15) is 30.6 Å². The Labute approximate surface area is 125 Å². The van der Waals surface area contributed by atoms with Crippen molar-refractivity contribution in [3.63, 3.8) is 0 Å².